The third-order valence-electron chi connectivity index (χ3n) is 2.58. The molecule has 0 unspecified atom stereocenters. The van der Waals surface area contributed by atoms with Crippen molar-refractivity contribution in [3.05, 3.63) is 29.0 Å². The van der Waals surface area contributed by atoms with E-state index in [9.17, 15) is 12.8 Å². The van der Waals surface area contributed by atoms with Crippen molar-refractivity contribution in [2.24, 2.45) is 0 Å². The van der Waals surface area contributed by atoms with Gasteiger partial charge in [0.25, 0.3) is 0 Å². The molecule has 0 atom stereocenters. The number of hydrogen-bond acceptors (Lipinski definition) is 3. The summed E-state index contributed by atoms with van der Waals surface area (Å²) in [4.78, 5) is 0. The van der Waals surface area contributed by atoms with Gasteiger partial charge in [-0.3, -0.25) is 4.72 Å². The quantitative estimate of drug-likeness (QED) is 0.843. The SMILES string of the molecule is O=S(=O)(CCNC1CC1)Nc1ccc(F)cc1Cl. The summed E-state index contributed by atoms with van der Waals surface area (Å²) >= 11 is 5.75. The first-order valence-electron chi connectivity index (χ1n) is 5.65. The van der Waals surface area contributed by atoms with Crippen LogP contribution >= 0.6 is 11.6 Å². The van der Waals surface area contributed by atoms with Gasteiger partial charge in [0.2, 0.25) is 10.0 Å². The summed E-state index contributed by atoms with van der Waals surface area (Å²) in [5.41, 5.74) is 0.199. The second-order valence-electron chi connectivity index (χ2n) is 4.27. The van der Waals surface area contributed by atoms with Crippen molar-refractivity contribution in [3.8, 4) is 0 Å². The van der Waals surface area contributed by atoms with Crippen molar-refractivity contribution in [2.45, 2.75) is 18.9 Å². The Morgan fingerprint density at radius 3 is 2.72 bits per heavy atom. The minimum absolute atomic E-state index is 0.0306. The maximum absolute atomic E-state index is 12.8. The molecule has 7 heteroatoms. The summed E-state index contributed by atoms with van der Waals surface area (Å²) in [6.45, 7) is 0.402. The van der Waals surface area contributed by atoms with Crippen LogP contribution in [0, 0.1) is 5.82 Å². The van der Waals surface area contributed by atoms with Gasteiger partial charge in [-0.2, -0.15) is 0 Å². The van der Waals surface area contributed by atoms with Crippen LogP contribution < -0.4 is 10.0 Å². The summed E-state index contributed by atoms with van der Waals surface area (Å²) in [6.07, 6.45) is 2.22. The zero-order valence-electron chi connectivity index (χ0n) is 9.62. The molecule has 1 fully saturated rings. The van der Waals surface area contributed by atoms with Crippen molar-refractivity contribution in [2.75, 3.05) is 17.0 Å². The smallest absolute Gasteiger partial charge is 0.234 e. The van der Waals surface area contributed by atoms with Crippen LogP contribution in [0.25, 0.3) is 0 Å². The van der Waals surface area contributed by atoms with Gasteiger partial charge in [0, 0.05) is 12.6 Å². The Balaban J connectivity index is 1.93. The largest absolute Gasteiger partial charge is 0.313 e. The highest BCUT2D eigenvalue weighted by molar-refractivity contribution is 7.92. The Kier molecular flexibility index (Phi) is 4.09. The highest BCUT2D eigenvalue weighted by atomic mass is 35.5. The van der Waals surface area contributed by atoms with E-state index in [4.69, 9.17) is 11.6 Å². The highest BCUT2D eigenvalue weighted by Crippen LogP contribution is 2.23. The molecule has 4 nitrogen and oxygen atoms in total. The van der Waals surface area contributed by atoms with E-state index < -0.39 is 15.8 Å². The molecule has 18 heavy (non-hydrogen) atoms. The molecule has 100 valence electrons. The molecule has 1 aliphatic rings. The van der Waals surface area contributed by atoms with E-state index >= 15 is 0 Å². The summed E-state index contributed by atoms with van der Waals surface area (Å²) in [5, 5.41) is 3.16. The average molecular weight is 293 g/mol. The van der Waals surface area contributed by atoms with Gasteiger partial charge in [-0.1, -0.05) is 11.6 Å². The monoisotopic (exact) mass is 292 g/mol. The molecule has 2 rings (SSSR count). The zero-order valence-corrected chi connectivity index (χ0v) is 11.2. The second kappa shape index (κ2) is 5.42. The Hall–Kier alpha value is -0.850. The van der Waals surface area contributed by atoms with Gasteiger partial charge in [0.05, 0.1) is 16.5 Å². The van der Waals surface area contributed by atoms with Crippen molar-refractivity contribution in [3.63, 3.8) is 0 Å². The molecule has 0 saturated heterocycles. The van der Waals surface area contributed by atoms with Crippen molar-refractivity contribution < 1.29 is 12.8 Å². The van der Waals surface area contributed by atoms with Gasteiger partial charge >= 0.3 is 0 Å². The van der Waals surface area contributed by atoms with Gasteiger partial charge in [-0.25, -0.2) is 12.8 Å². The van der Waals surface area contributed by atoms with E-state index in [0.29, 0.717) is 12.6 Å². The predicted molar refractivity (Wildman–Crippen MR) is 69.8 cm³/mol. The molecule has 1 aromatic carbocycles. The van der Waals surface area contributed by atoms with Crippen LogP contribution in [0.3, 0.4) is 0 Å². The first-order chi connectivity index (χ1) is 8.46. The van der Waals surface area contributed by atoms with Gasteiger partial charge < -0.3 is 5.32 Å². The molecule has 1 aromatic rings. The predicted octanol–water partition coefficient (Wildman–Crippen LogP) is 1.97. The zero-order chi connectivity index (χ0) is 13.2. The van der Waals surface area contributed by atoms with E-state index in [1.54, 1.807) is 0 Å². The number of hydrogen-bond donors (Lipinski definition) is 2. The third kappa shape index (κ3) is 4.12. The van der Waals surface area contributed by atoms with Gasteiger partial charge in [-0.15, -0.1) is 0 Å². The van der Waals surface area contributed by atoms with Crippen molar-refractivity contribution in [1.29, 1.82) is 0 Å². The number of sulfonamides is 1. The minimum atomic E-state index is -3.46. The Morgan fingerprint density at radius 2 is 2.11 bits per heavy atom. The highest BCUT2D eigenvalue weighted by Gasteiger charge is 2.21. The molecular formula is C11H14ClFN2O2S. The Morgan fingerprint density at radius 1 is 1.39 bits per heavy atom. The normalized spacial score (nSPS) is 15.7. The maximum Gasteiger partial charge on any atom is 0.234 e. The molecule has 0 radical (unpaired) electrons. The molecule has 1 aliphatic carbocycles. The fourth-order valence-electron chi connectivity index (χ4n) is 1.48. The van der Waals surface area contributed by atoms with Crippen molar-refractivity contribution in [1.82, 2.24) is 5.32 Å². The molecule has 0 amide bonds. The van der Waals surface area contributed by atoms with E-state index in [-0.39, 0.29) is 16.5 Å². The van der Waals surface area contributed by atoms with Crippen LogP contribution in [-0.2, 0) is 10.0 Å². The molecule has 0 aliphatic heterocycles. The van der Waals surface area contributed by atoms with Crippen LogP contribution in [0.15, 0.2) is 18.2 Å². The van der Waals surface area contributed by atoms with E-state index in [1.165, 1.54) is 6.07 Å². The average Bonchev–Trinajstić information content (AvgIpc) is 3.06. The molecule has 2 N–H and O–H groups in total. The second-order valence-corrected chi connectivity index (χ2v) is 6.52. The maximum atomic E-state index is 12.8. The molecule has 0 spiro atoms. The molecule has 0 bridgehead atoms. The van der Waals surface area contributed by atoms with Crippen LogP contribution in [0.4, 0.5) is 10.1 Å². The van der Waals surface area contributed by atoms with Crippen molar-refractivity contribution >= 4 is 27.3 Å². The summed E-state index contributed by atoms with van der Waals surface area (Å²) in [7, 11) is -3.46. The van der Waals surface area contributed by atoms with Gasteiger partial charge in [0.1, 0.15) is 5.82 Å². The minimum Gasteiger partial charge on any atom is -0.313 e. The Bertz CT molecular complexity index is 532. The lowest BCUT2D eigenvalue weighted by molar-refractivity contribution is 0.595. The van der Waals surface area contributed by atoms with Crippen LogP contribution in [-0.4, -0.2) is 26.8 Å². The molecular weight excluding hydrogens is 279 g/mol. The fourth-order valence-corrected chi connectivity index (χ4v) is 2.75. The van der Waals surface area contributed by atoms with E-state index in [2.05, 4.69) is 10.0 Å². The summed E-state index contributed by atoms with van der Waals surface area (Å²) in [5.74, 6) is -0.532. The summed E-state index contributed by atoms with van der Waals surface area (Å²) < 4.78 is 38.6. The lowest BCUT2D eigenvalue weighted by Crippen LogP contribution is -2.28. The Labute approximate surface area is 111 Å². The number of halogens is 2. The molecule has 1 saturated carbocycles. The number of rotatable bonds is 6. The summed E-state index contributed by atoms with van der Waals surface area (Å²) in [6, 6.07) is 4.01. The number of nitrogens with one attached hydrogen (secondary N) is 2. The lowest BCUT2D eigenvalue weighted by Gasteiger charge is -2.09. The molecule has 0 heterocycles. The first kappa shape index (κ1) is 13.6. The van der Waals surface area contributed by atoms with E-state index in [0.717, 1.165) is 25.0 Å². The van der Waals surface area contributed by atoms with Crippen LogP contribution in [0.5, 0.6) is 0 Å². The van der Waals surface area contributed by atoms with Gasteiger partial charge in [-0.05, 0) is 31.0 Å². The van der Waals surface area contributed by atoms with Crippen LogP contribution in [0.2, 0.25) is 5.02 Å². The lowest BCUT2D eigenvalue weighted by atomic mass is 10.3. The van der Waals surface area contributed by atoms with Gasteiger partial charge in [0.15, 0.2) is 0 Å². The van der Waals surface area contributed by atoms with Crippen LogP contribution in [0.1, 0.15) is 12.8 Å². The molecule has 0 aromatic heterocycles. The fraction of sp³-hybridized carbons (Fsp3) is 0.455. The standard InChI is InChI=1S/C11H14ClFN2O2S/c12-10-7-8(13)1-4-11(10)15-18(16,17)6-5-14-9-2-3-9/h1,4,7,9,14-15H,2-3,5-6H2. The third-order valence-corrected chi connectivity index (χ3v) is 4.16. The number of benzene rings is 1. The van der Waals surface area contributed by atoms with E-state index in [1.807, 2.05) is 0 Å². The first-order valence-corrected chi connectivity index (χ1v) is 7.68. The topological polar surface area (TPSA) is 58.2 Å². The number of anilines is 1.